The highest BCUT2D eigenvalue weighted by Crippen LogP contribution is 2.39. The molecule has 0 unspecified atom stereocenters. The molecule has 0 atom stereocenters. The van der Waals surface area contributed by atoms with E-state index in [1.807, 2.05) is 54.9 Å². The average molecular weight is 786 g/mol. The van der Waals surface area contributed by atoms with E-state index in [1.54, 1.807) is 6.20 Å². The Morgan fingerprint density at radius 1 is 0.525 bits per heavy atom. The number of benzene rings is 7. The van der Waals surface area contributed by atoms with Gasteiger partial charge in [-0.05, 0) is 86.6 Å². The summed E-state index contributed by atoms with van der Waals surface area (Å²) in [4.78, 5) is 19.0. The smallest absolute Gasteiger partial charge is 0.133 e. The van der Waals surface area contributed by atoms with E-state index in [0.29, 0.717) is 13.1 Å². The van der Waals surface area contributed by atoms with Crippen molar-refractivity contribution in [1.29, 1.82) is 0 Å². The lowest BCUT2D eigenvalue weighted by Crippen LogP contribution is -2.28. The molecule has 1 aliphatic heterocycles. The van der Waals surface area contributed by atoms with Gasteiger partial charge < -0.3 is 5.32 Å². The molecule has 0 aliphatic carbocycles. The number of allylic oxidation sites excluding steroid dienone is 1. The Morgan fingerprint density at radius 2 is 1.08 bits per heavy atom. The van der Waals surface area contributed by atoms with Crippen molar-refractivity contribution < 1.29 is 0 Å². The van der Waals surface area contributed by atoms with Crippen LogP contribution in [0.4, 0.5) is 0 Å². The second-order valence-corrected chi connectivity index (χ2v) is 14.8. The summed E-state index contributed by atoms with van der Waals surface area (Å²) in [6.45, 7) is 5.03. The Bertz CT molecular complexity index is 2940. The van der Waals surface area contributed by atoms with Crippen LogP contribution in [0.3, 0.4) is 0 Å². The zero-order valence-corrected chi connectivity index (χ0v) is 33.7. The van der Waals surface area contributed by atoms with E-state index in [0.717, 1.165) is 95.1 Å². The van der Waals surface area contributed by atoms with E-state index in [1.165, 1.54) is 0 Å². The zero-order chi connectivity index (χ0) is 41.2. The summed E-state index contributed by atoms with van der Waals surface area (Å²) in [5.74, 6) is 0.887. The lowest BCUT2D eigenvalue weighted by atomic mass is 9.90. The van der Waals surface area contributed by atoms with Gasteiger partial charge in [0.15, 0.2) is 0 Å². The Balaban J connectivity index is 1.10. The minimum absolute atomic E-state index is 0.582. The fraction of sp³-hybridized carbons (Fsp3) is 0.0357. The molecule has 0 radical (unpaired) electrons. The molecule has 0 bridgehead atoms. The van der Waals surface area contributed by atoms with E-state index >= 15 is 0 Å². The van der Waals surface area contributed by atoms with Crippen LogP contribution >= 0.6 is 0 Å². The average Bonchev–Trinajstić information content (AvgIpc) is 3.34. The van der Waals surface area contributed by atoms with Crippen LogP contribution in [0.2, 0.25) is 0 Å². The van der Waals surface area contributed by atoms with Gasteiger partial charge in [0.05, 0.1) is 17.9 Å². The van der Waals surface area contributed by atoms with Crippen LogP contribution in [0.25, 0.3) is 67.0 Å². The van der Waals surface area contributed by atoms with Crippen LogP contribution in [0.5, 0.6) is 0 Å². The van der Waals surface area contributed by atoms with E-state index in [9.17, 15) is 0 Å². The summed E-state index contributed by atoms with van der Waals surface area (Å²) in [5, 5.41) is 3.53. The number of hydrogen-bond acceptors (Lipinski definition) is 5. The maximum absolute atomic E-state index is 5.36. The molecule has 61 heavy (non-hydrogen) atoms. The Labute approximate surface area is 357 Å². The zero-order valence-electron chi connectivity index (χ0n) is 33.7. The van der Waals surface area contributed by atoms with Crippen molar-refractivity contribution in [3.8, 4) is 55.9 Å². The van der Waals surface area contributed by atoms with Crippen LogP contribution in [0, 0.1) is 0 Å². The highest BCUT2D eigenvalue weighted by Gasteiger charge is 2.17. The van der Waals surface area contributed by atoms with Crippen LogP contribution in [-0.4, -0.2) is 30.3 Å². The topological polar surface area (TPSA) is 62.0 Å². The van der Waals surface area contributed by atoms with Gasteiger partial charge in [0, 0.05) is 47.4 Å². The molecule has 0 spiro atoms. The molecular weight excluding hydrogens is 743 g/mol. The van der Waals surface area contributed by atoms with Crippen molar-refractivity contribution in [3.63, 3.8) is 0 Å². The summed E-state index contributed by atoms with van der Waals surface area (Å²) in [7, 11) is 0. The fourth-order valence-corrected chi connectivity index (χ4v) is 7.75. The number of pyridine rings is 1. The highest BCUT2D eigenvalue weighted by molar-refractivity contribution is 6.10. The van der Waals surface area contributed by atoms with Gasteiger partial charge >= 0.3 is 0 Å². The van der Waals surface area contributed by atoms with Gasteiger partial charge in [-0.15, -0.1) is 0 Å². The number of nitrogens with one attached hydrogen (secondary N) is 1. The van der Waals surface area contributed by atoms with E-state index in [2.05, 4.69) is 175 Å². The monoisotopic (exact) mass is 785 g/mol. The molecule has 0 saturated carbocycles. The van der Waals surface area contributed by atoms with Crippen LogP contribution < -0.4 is 5.32 Å². The number of nitrogens with zero attached hydrogens (tertiary/aromatic N) is 4. The van der Waals surface area contributed by atoms with Crippen LogP contribution in [0.15, 0.2) is 228 Å². The Morgan fingerprint density at radius 3 is 1.77 bits per heavy atom. The normalized spacial score (nSPS) is 12.7. The molecule has 0 fully saturated rings. The van der Waals surface area contributed by atoms with Crippen molar-refractivity contribution in [2.75, 3.05) is 6.54 Å². The predicted molar refractivity (Wildman–Crippen MR) is 257 cm³/mol. The van der Waals surface area contributed by atoms with Crippen molar-refractivity contribution in [3.05, 3.63) is 235 Å². The number of rotatable bonds is 12. The summed E-state index contributed by atoms with van der Waals surface area (Å²) in [6, 6.07) is 69.8. The summed E-state index contributed by atoms with van der Waals surface area (Å²) in [5.41, 5.74) is 16.9. The summed E-state index contributed by atoms with van der Waals surface area (Å²) >= 11 is 0. The minimum atomic E-state index is 0.582. The quantitative estimate of drug-likeness (QED) is 0.125. The van der Waals surface area contributed by atoms with E-state index < -0.39 is 0 Å². The number of aromatic nitrogens is 1. The third-order valence-corrected chi connectivity index (χ3v) is 10.8. The maximum Gasteiger partial charge on any atom is 0.133 e. The van der Waals surface area contributed by atoms with Crippen molar-refractivity contribution in [2.24, 2.45) is 15.0 Å². The number of hydrogen-bond donors (Lipinski definition) is 1. The molecule has 0 amide bonds. The molecule has 7 aromatic carbocycles. The van der Waals surface area contributed by atoms with Gasteiger partial charge in [-0.2, -0.15) is 0 Å². The first-order chi connectivity index (χ1) is 30.2. The maximum atomic E-state index is 5.36. The van der Waals surface area contributed by atoms with Crippen LogP contribution in [-0.2, 0) is 6.54 Å². The molecular formula is C56H43N5. The third-order valence-electron chi connectivity index (χ3n) is 10.8. The minimum Gasteiger partial charge on any atom is -0.365 e. The Kier molecular flexibility index (Phi) is 11.5. The van der Waals surface area contributed by atoms with Gasteiger partial charge in [0.1, 0.15) is 5.84 Å². The van der Waals surface area contributed by atoms with Gasteiger partial charge in [-0.3, -0.25) is 9.98 Å². The highest BCUT2D eigenvalue weighted by atomic mass is 15.0. The third kappa shape index (κ3) is 8.87. The number of amidine groups is 1. The largest absolute Gasteiger partial charge is 0.365 e. The molecule has 5 heteroatoms. The predicted octanol–water partition coefficient (Wildman–Crippen LogP) is 13.1. The second kappa shape index (κ2) is 18.3. The van der Waals surface area contributed by atoms with Crippen LogP contribution in [0.1, 0.15) is 22.3 Å². The lowest BCUT2D eigenvalue weighted by molar-refractivity contribution is 1.03. The SMILES string of the molecule is C=N/C=C(\C=NCc1ccccc1)c1cccc(-c2ccccc2-c2cc(-c3ccccc3-c3cccc(C4=CN=C(c5ccccc5)NC4)c3)cc(-c3ccccc3)n2)c1. The van der Waals surface area contributed by atoms with Gasteiger partial charge in [0.25, 0.3) is 0 Å². The first-order valence-electron chi connectivity index (χ1n) is 20.4. The van der Waals surface area contributed by atoms with E-state index in [4.69, 9.17) is 15.0 Å². The number of aliphatic imine (C=N–C) groups is 3. The van der Waals surface area contributed by atoms with Crippen molar-refractivity contribution in [1.82, 2.24) is 10.3 Å². The van der Waals surface area contributed by atoms with Crippen molar-refractivity contribution >= 4 is 29.9 Å². The molecule has 9 rings (SSSR count). The van der Waals surface area contributed by atoms with E-state index in [-0.39, 0.29) is 0 Å². The first kappa shape index (κ1) is 38.5. The molecule has 0 saturated heterocycles. The van der Waals surface area contributed by atoms with Crippen molar-refractivity contribution in [2.45, 2.75) is 6.54 Å². The molecule has 1 aliphatic rings. The molecule has 5 nitrogen and oxygen atoms in total. The standard InChI is InChI=1S/C56H43N5/c1-57-36-48(37-58-35-40-17-5-2-6-18-40)43-23-15-26-46(31-43)51-28-13-14-30-53(51)55-34-47(33-54(61-55)41-19-7-3-8-20-41)52-29-12-11-27-50(52)45-25-16-24-44(32-45)49-38-59-56(60-39-49)42-21-9-4-10-22-42/h2-34,36-38H,1,35,39H2,(H,59,60)/b48-36+,58-37?. The van der Waals surface area contributed by atoms with Gasteiger partial charge in [-0.25, -0.2) is 9.98 Å². The lowest BCUT2D eigenvalue weighted by Gasteiger charge is -2.18. The molecule has 292 valence electrons. The first-order valence-corrected chi connectivity index (χ1v) is 20.4. The fourth-order valence-electron chi connectivity index (χ4n) is 7.75. The van der Waals surface area contributed by atoms with Gasteiger partial charge in [-0.1, -0.05) is 176 Å². The molecule has 1 N–H and O–H groups in total. The summed E-state index contributed by atoms with van der Waals surface area (Å²) in [6.07, 6.45) is 5.64. The Hall–Kier alpha value is -8.02. The second-order valence-electron chi connectivity index (χ2n) is 14.8. The molecule has 8 aromatic rings. The molecule has 1 aromatic heterocycles. The molecule has 2 heterocycles. The summed E-state index contributed by atoms with van der Waals surface area (Å²) < 4.78 is 0. The van der Waals surface area contributed by atoms with Gasteiger partial charge in [0.2, 0.25) is 0 Å².